The van der Waals surface area contributed by atoms with E-state index in [0.29, 0.717) is 18.9 Å². The van der Waals surface area contributed by atoms with E-state index in [1.165, 1.54) is 12.1 Å². The minimum atomic E-state index is -0.622. The fourth-order valence-corrected chi connectivity index (χ4v) is 1.10. The van der Waals surface area contributed by atoms with E-state index in [4.69, 9.17) is 11.5 Å². The van der Waals surface area contributed by atoms with Crippen molar-refractivity contribution in [2.45, 2.75) is 0 Å². The van der Waals surface area contributed by atoms with Crippen LogP contribution in [0.15, 0.2) is 12.1 Å². The number of primary amides is 1. The molecule has 0 aliphatic carbocycles. The van der Waals surface area contributed by atoms with Gasteiger partial charge in [0.2, 0.25) is 5.82 Å². The lowest BCUT2D eigenvalue weighted by atomic mass is 10.4. The van der Waals surface area contributed by atoms with Crippen LogP contribution >= 0.6 is 0 Å². The maximum absolute atomic E-state index is 10.5. The third kappa shape index (κ3) is 3.81. The molecule has 9 heteroatoms. The molecule has 0 atom stereocenters. The van der Waals surface area contributed by atoms with Crippen LogP contribution in [0.3, 0.4) is 0 Å². The first-order chi connectivity index (χ1) is 8.00. The molecule has 1 rings (SSSR count). The number of amides is 2. The average molecular weight is 240 g/mol. The van der Waals surface area contributed by atoms with Gasteiger partial charge in [-0.25, -0.2) is 9.78 Å². The van der Waals surface area contributed by atoms with Gasteiger partial charge in [-0.05, 0) is 6.07 Å². The zero-order chi connectivity index (χ0) is 12.8. The SMILES string of the molecule is NC(=O)NCCNc1ccc([N+](=O)[O-])c(N)n1. The minimum absolute atomic E-state index is 0.164. The first kappa shape index (κ1) is 12.5. The van der Waals surface area contributed by atoms with Gasteiger partial charge in [0.25, 0.3) is 0 Å². The van der Waals surface area contributed by atoms with Crippen LogP contribution in [0.2, 0.25) is 0 Å². The van der Waals surface area contributed by atoms with Crippen molar-refractivity contribution >= 4 is 23.4 Å². The van der Waals surface area contributed by atoms with Crippen molar-refractivity contribution < 1.29 is 9.72 Å². The van der Waals surface area contributed by atoms with Crippen LogP contribution in [0.1, 0.15) is 0 Å². The molecule has 0 aromatic carbocycles. The molecule has 2 amide bonds. The highest BCUT2D eigenvalue weighted by Gasteiger charge is 2.12. The van der Waals surface area contributed by atoms with E-state index in [9.17, 15) is 14.9 Å². The van der Waals surface area contributed by atoms with Gasteiger partial charge in [0, 0.05) is 19.2 Å². The van der Waals surface area contributed by atoms with Gasteiger partial charge in [0.05, 0.1) is 4.92 Å². The van der Waals surface area contributed by atoms with E-state index >= 15 is 0 Å². The fraction of sp³-hybridized carbons (Fsp3) is 0.250. The quantitative estimate of drug-likeness (QED) is 0.314. The van der Waals surface area contributed by atoms with Gasteiger partial charge in [-0.1, -0.05) is 0 Å². The predicted octanol–water partition coefficient (Wildman–Crippen LogP) is -0.348. The molecule has 0 saturated heterocycles. The molecule has 0 saturated carbocycles. The number of hydrogen-bond acceptors (Lipinski definition) is 6. The standard InChI is InChI=1S/C8H12N6O3/c9-7-5(14(16)17)1-2-6(13-7)11-3-4-12-8(10)15/h1-2H,3-4H2,(H3,9,11,13)(H3,10,12,15). The number of nitrogens with zero attached hydrogens (tertiary/aromatic N) is 2. The number of hydrogen-bond donors (Lipinski definition) is 4. The zero-order valence-electron chi connectivity index (χ0n) is 8.84. The largest absolute Gasteiger partial charge is 0.378 e. The highest BCUT2D eigenvalue weighted by molar-refractivity contribution is 5.71. The molecular formula is C8H12N6O3. The Morgan fingerprint density at radius 1 is 1.47 bits per heavy atom. The molecule has 0 unspecified atom stereocenters. The second-order valence-electron chi connectivity index (χ2n) is 3.08. The number of pyridine rings is 1. The first-order valence-corrected chi connectivity index (χ1v) is 4.69. The maximum Gasteiger partial charge on any atom is 0.312 e. The molecule has 0 fully saturated rings. The highest BCUT2D eigenvalue weighted by atomic mass is 16.6. The van der Waals surface area contributed by atoms with Crippen LogP contribution in [0.5, 0.6) is 0 Å². The average Bonchev–Trinajstić information content (AvgIpc) is 2.23. The predicted molar refractivity (Wildman–Crippen MR) is 61.4 cm³/mol. The summed E-state index contributed by atoms with van der Waals surface area (Å²) in [6.07, 6.45) is 0. The van der Waals surface area contributed by atoms with E-state index in [0.717, 1.165) is 0 Å². The molecule has 1 aromatic heterocycles. The summed E-state index contributed by atoms with van der Waals surface area (Å²) in [5.74, 6) is 0.224. The number of nitrogens with two attached hydrogens (primary N) is 2. The number of nitrogen functional groups attached to an aromatic ring is 1. The molecule has 92 valence electrons. The van der Waals surface area contributed by atoms with Gasteiger partial charge in [0.15, 0.2) is 0 Å². The summed E-state index contributed by atoms with van der Waals surface area (Å²) in [6.45, 7) is 0.696. The van der Waals surface area contributed by atoms with Crippen molar-refractivity contribution in [2.24, 2.45) is 5.73 Å². The summed E-state index contributed by atoms with van der Waals surface area (Å²) in [7, 11) is 0. The summed E-state index contributed by atoms with van der Waals surface area (Å²) in [6, 6.07) is 2.06. The Bertz CT molecular complexity index is 435. The first-order valence-electron chi connectivity index (χ1n) is 4.69. The van der Waals surface area contributed by atoms with Crippen molar-refractivity contribution in [3.05, 3.63) is 22.2 Å². The lowest BCUT2D eigenvalue weighted by molar-refractivity contribution is -0.384. The summed E-state index contributed by atoms with van der Waals surface area (Å²) < 4.78 is 0. The number of carbonyl (C=O) groups is 1. The maximum atomic E-state index is 10.5. The Hall–Kier alpha value is -2.58. The Morgan fingerprint density at radius 3 is 2.71 bits per heavy atom. The van der Waals surface area contributed by atoms with Crippen molar-refractivity contribution in [1.82, 2.24) is 10.3 Å². The monoisotopic (exact) mass is 240 g/mol. The summed E-state index contributed by atoms with van der Waals surface area (Å²) in [5, 5.41) is 15.7. The number of rotatable bonds is 5. The lowest BCUT2D eigenvalue weighted by Gasteiger charge is -2.06. The number of nitrogens with one attached hydrogen (secondary N) is 2. The van der Waals surface area contributed by atoms with Crippen LogP contribution in [-0.4, -0.2) is 29.0 Å². The second kappa shape index (κ2) is 5.49. The van der Waals surface area contributed by atoms with Crippen molar-refractivity contribution in [3.8, 4) is 0 Å². The molecule has 1 heterocycles. The molecular weight excluding hydrogens is 228 g/mol. The zero-order valence-corrected chi connectivity index (χ0v) is 8.84. The van der Waals surface area contributed by atoms with Gasteiger partial charge in [0.1, 0.15) is 5.82 Å². The Balaban J connectivity index is 2.53. The van der Waals surface area contributed by atoms with Crippen molar-refractivity contribution in [2.75, 3.05) is 24.1 Å². The topological polar surface area (TPSA) is 149 Å². The summed E-state index contributed by atoms with van der Waals surface area (Å²) in [4.78, 5) is 24.0. The van der Waals surface area contributed by atoms with E-state index in [1.54, 1.807) is 0 Å². The molecule has 0 aliphatic rings. The summed E-state index contributed by atoms with van der Waals surface area (Å²) >= 11 is 0. The van der Waals surface area contributed by atoms with Crippen LogP contribution in [0.4, 0.5) is 22.1 Å². The van der Waals surface area contributed by atoms with Crippen LogP contribution in [-0.2, 0) is 0 Å². The number of carbonyl (C=O) groups excluding carboxylic acids is 1. The lowest BCUT2D eigenvalue weighted by Crippen LogP contribution is -2.33. The van der Waals surface area contributed by atoms with Crippen molar-refractivity contribution in [1.29, 1.82) is 0 Å². The summed E-state index contributed by atoms with van der Waals surface area (Å²) in [5.41, 5.74) is 10.0. The van der Waals surface area contributed by atoms with E-state index < -0.39 is 11.0 Å². The Morgan fingerprint density at radius 2 is 2.18 bits per heavy atom. The molecule has 0 bridgehead atoms. The molecule has 1 aromatic rings. The number of urea groups is 1. The Kier molecular flexibility index (Phi) is 4.03. The fourth-order valence-electron chi connectivity index (χ4n) is 1.10. The van der Waals surface area contributed by atoms with Gasteiger partial charge in [-0.15, -0.1) is 0 Å². The van der Waals surface area contributed by atoms with E-state index in [-0.39, 0.29) is 11.5 Å². The van der Waals surface area contributed by atoms with Gasteiger partial charge >= 0.3 is 11.7 Å². The van der Waals surface area contributed by atoms with Crippen LogP contribution < -0.4 is 22.1 Å². The van der Waals surface area contributed by atoms with E-state index in [2.05, 4.69) is 15.6 Å². The Labute approximate surface area is 96.3 Å². The highest BCUT2D eigenvalue weighted by Crippen LogP contribution is 2.20. The van der Waals surface area contributed by atoms with Gasteiger partial charge in [-0.3, -0.25) is 10.1 Å². The second-order valence-corrected chi connectivity index (χ2v) is 3.08. The van der Waals surface area contributed by atoms with Crippen LogP contribution in [0.25, 0.3) is 0 Å². The normalized spacial score (nSPS) is 9.65. The molecule has 17 heavy (non-hydrogen) atoms. The third-order valence-electron chi connectivity index (χ3n) is 1.83. The van der Waals surface area contributed by atoms with Crippen LogP contribution in [0, 0.1) is 10.1 Å². The van der Waals surface area contributed by atoms with Gasteiger partial charge in [-0.2, -0.15) is 0 Å². The smallest absolute Gasteiger partial charge is 0.312 e. The molecule has 6 N–H and O–H groups in total. The van der Waals surface area contributed by atoms with Gasteiger partial charge < -0.3 is 22.1 Å². The number of aromatic nitrogens is 1. The van der Waals surface area contributed by atoms with Crippen molar-refractivity contribution in [3.63, 3.8) is 0 Å². The third-order valence-corrected chi connectivity index (χ3v) is 1.83. The molecule has 0 aliphatic heterocycles. The minimum Gasteiger partial charge on any atom is -0.378 e. The van der Waals surface area contributed by atoms with E-state index in [1.807, 2.05) is 0 Å². The molecule has 9 nitrogen and oxygen atoms in total. The molecule has 0 radical (unpaired) electrons. The molecule has 0 spiro atoms. The number of anilines is 2. The number of nitro groups is 1.